The lowest BCUT2D eigenvalue weighted by atomic mass is 9.77. The van der Waals surface area contributed by atoms with E-state index >= 15 is 0 Å². The molecular formula is C23H23ClN6O3. The van der Waals surface area contributed by atoms with Crippen molar-refractivity contribution in [1.29, 1.82) is 0 Å². The molecule has 2 saturated heterocycles. The Labute approximate surface area is 195 Å². The average Bonchev–Trinajstić information content (AvgIpc) is 3.49. The largest absolute Gasteiger partial charge is 0.496 e. The minimum absolute atomic E-state index is 0.110. The molecule has 33 heavy (non-hydrogen) atoms. The summed E-state index contributed by atoms with van der Waals surface area (Å²) in [4.78, 5) is 37.8. The van der Waals surface area contributed by atoms with E-state index in [2.05, 4.69) is 20.2 Å². The quantitative estimate of drug-likeness (QED) is 0.633. The van der Waals surface area contributed by atoms with Crippen molar-refractivity contribution in [1.82, 2.24) is 25.1 Å². The summed E-state index contributed by atoms with van der Waals surface area (Å²) in [5.74, 6) is 0.613. The number of methoxy groups -OCH3 is 1. The molecule has 0 bridgehead atoms. The first-order valence-electron chi connectivity index (χ1n) is 10.8. The fourth-order valence-electron chi connectivity index (χ4n) is 4.74. The Balaban J connectivity index is 1.30. The van der Waals surface area contributed by atoms with Crippen molar-refractivity contribution in [2.75, 3.05) is 31.6 Å². The molecule has 2 aliphatic heterocycles. The highest BCUT2D eigenvalue weighted by atomic mass is 35.5. The number of anilines is 1. The zero-order valence-electron chi connectivity index (χ0n) is 18.1. The summed E-state index contributed by atoms with van der Waals surface area (Å²) >= 11 is 5.77. The van der Waals surface area contributed by atoms with Crippen LogP contribution in [0, 0.1) is 5.41 Å². The average molecular weight is 467 g/mol. The minimum Gasteiger partial charge on any atom is -0.496 e. The molecule has 1 aromatic carbocycles. The zero-order chi connectivity index (χ0) is 23.0. The number of H-pyrrole nitrogens is 1. The number of aromatic amines is 1. The van der Waals surface area contributed by atoms with Crippen LogP contribution in [0.25, 0.3) is 11.1 Å². The van der Waals surface area contributed by atoms with Gasteiger partial charge in [-0.25, -0.2) is 9.97 Å². The number of carbonyl (C=O) groups is 2. The summed E-state index contributed by atoms with van der Waals surface area (Å²) in [5.41, 5.74) is 2.47. The number of hydrogen-bond acceptors (Lipinski definition) is 6. The second-order valence-electron chi connectivity index (χ2n) is 8.38. The van der Waals surface area contributed by atoms with Gasteiger partial charge in [-0.2, -0.15) is 5.10 Å². The molecule has 2 amide bonds. The topological polar surface area (TPSA) is 104 Å². The Bertz CT molecular complexity index is 1170. The lowest BCUT2D eigenvalue weighted by Crippen LogP contribution is -2.46. The summed E-state index contributed by atoms with van der Waals surface area (Å²) in [7, 11) is 1.62. The van der Waals surface area contributed by atoms with Crippen LogP contribution in [0.3, 0.4) is 0 Å². The van der Waals surface area contributed by atoms with E-state index in [1.54, 1.807) is 24.4 Å². The Morgan fingerprint density at radius 2 is 1.91 bits per heavy atom. The van der Waals surface area contributed by atoms with E-state index in [1.807, 2.05) is 23.1 Å². The molecule has 5 rings (SSSR count). The number of halogens is 1. The first-order chi connectivity index (χ1) is 16.0. The molecule has 1 spiro atoms. The molecule has 170 valence electrons. The number of nitrogens with one attached hydrogen (secondary N) is 1. The molecule has 10 heteroatoms. The van der Waals surface area contributed by atoms with Crippen LogP contribution in [0.2, 0.25) is 5.15 Å². The predicted molar refractivity (Wildman–Crippen MR) is 122 cm³/mol. The maximum atomic E-state index is 13.5. The van der Waals surface area contributed by atoms with Gasteiger partial charge in [0.2, 0.25) is 5.91 Å². The molecule has 3 aromatic rings. The number of rotatable bonds is 4. The Kier molecular flexibility index (Phi) is 5.49. The maximum absolute atomic E-state index is 13.5. The fourth-order valence-corrected chi connectivity index (χ4v) is 4.84. The second-order valence-corrected chi connectivity index (χ2v) is 8.76. The standard InChI is InChI=1S/C23H23ClN6O3/c1-33-19-10-16(2-3-17(19)15-11-27-28-12-15)30-9-6-23(22(30)32)4-7-29(8-5-23)21(31)18-13-26-20(24)14-25-18/h2-3,10-14H,4-9H2,1H3,(H,27,28). The highest BCUT2D eigenvalue weighted by molar-refractivity contribution is 6.29. The van der Waals surface area contributed by atoms with Crippen molar-refractivity contribution < 1.29 is 14.3 Å². The van der Waals surface area contributed by atoms with Gasteiger partial charge in [0.05, 0.1) is 31.1 Å². The fraction of sp³-hybridized carbons (Fsp3) is 0.348. The molecule has 0 saturated carbocycles. The van der Waals surface area contributed by atoms with E-state index in [4.69, 9.17) is 16.3 Å². The van der Waals surface area contributed by atoms with Crippen LogP contribution < -0.4 is 9.64 Å². The number of amides is 2. The molecule has 2 aromatic heterocycles. The van der Waals surface area contributed by atoms with Crippen molar-refractivity contribution in [3.63, 3.8) is 0 Å². The minimum atomic E-state index is -0.446. The van der Waals surface area contributed by atoms with Crippen LogP contribution in [0.1, 0.15) is 29.8 Å². The van der Waals surface area contributed by atoms with Crippen LogP contribution in [0.4, 0.5) is 5.69 Å². The monoisotopic (exact) mass is 466 g/mol. The number of carbonyl (C=O) groups excluding carboxylic acids is 2. The SMILES string of the molecule is COc1cc(N2CCC3(CCN(C(=O)c4cnc(Cl)cn4)CC3)C2=O)ccc1-c1cn[nH]c1. The van der Waals surface area contributed by atoms with Crippen LogP contribution >= 0.6 is 11.6 Å². The van der Waals surface area contributed by atoms with Gasteiger partial charge in [-0.1, -0.05) is 11.6 Å². The third-order valence-corrected chi connectivity index (χ3v) is 6.86. The van der Waals surface area contributed by atoms with Gasteiger partial charge >= 0.3 is 0 Å². The van der Waals surface area contributed by atoms with Gasteiger partial charge in [-0.15, -0.1) is 0 Å². The van der Waals surface area contributed by atoms with Gasteiger partial charge in [0.25, 0.3) is 5.91 Å². The number of hydrogen-bond donors (Lipinski definition) is 1. The van der Waals surface area contributed by atoms with Gasteiger partial charge in [0.15, 0.2) is 0 Å². The van der Waals surface area contributed by atoms with Crippen LogP contribution in [-0.2, 0) is 4.79 Å². The normalized spacial score (nSPS) is 17.6. The first kappa shape index (κ1) is 21.4. The number of ether oxygens (including phenoxy) is 1. The van der Waals surface area contributed by atoms with Gasteiger partial charge in [-0.3, -0.25) is 14.7 Å². The van der Waals surface area contributed by atoms with Gasteiger partial charge in [0, 0.05) is 48.7 Å². The van der Waals surface area contributed by atoms with Crippen LogP contribution in [0.5, 0.6) is 5.75 Å². The van der Waals surface area contributed by atoms with Crippen molar-refractivity contribution in [3.05, 3.63) is 53.8 Å². The van der Waals surface area contributed by atoms with E-state index < -0.39 is 5.41 Å². The molecule has 2 fully saturated rings. The van der Waals surface area contributed by atoms with E-state index in [0.717, 1.165) is 23.2 Å². The van der Waals surface area contributed by atoms with Gasteiger partial charge in [0.1, 0.15) is 16.6 Å². The van der Waals surface area contributed by atoms with Gasteiger partial charge < -0.3 is 14.5 Å². The van der Waals surface area contributed by atoms with E-state index in [9.17, 15) is 9.59 Å². The molecule has 2 aliphatic rings. The van der Waals surface area contributed by atoms with E-state index in [0.29, 0.717) is 38.2 Å². The number of aromatic nitrogens is 4. The summed E-state index contributed by atoms with van der Waals surface area (Å²) in [6.45, 7) is 1.65. The number of piperidine rings is 1. The smallest absolute Gasteiger partial charge is 0.274 e. The highest BCUT2D eigenvalue weighted by Gasteiger charge is 2.49. The number of nitrogens with zero attached hydrogens (tertiary/aromatic N) is 5. The number of likely N-dealkylation sites (tertiary alicyclic amines) is 1. The Hall–Kier alpha value is -3.46. The summed E-state index contributed by atoms with van der Waals surface area (Å²) in [5, 5.41) is 7.05. The molecular weight excluding hydrogens is 444 g/mol. The van der Waals surface area contributed by atoms with Crippen molar-refractivity contribution in [3.8, 4) is 16.9 Å². The molecule has 0 atom stereocenters. The third kappa shape index (κ3) is 3.82. The molecule has 9 nitrogen and oxygen atoms in total. The molecule has 0 unspecified atom stereocenters. The van der Waals surface area contributed by atoms with Crippen LogP contribution in [-0.4, -0.2) is 63.6 Å². The number of benzene rings is 1. The third-order valence-electron chi connectivity index (χ3n) is 6.67. The Morgan fingerprint density at radius 1 is 1.12 bits per heavy atom. The molecule has 1 N–H and O–H groups in total. The highest BCUT2D eigenvalue weighted by Crippen LogP contribution is 2.44. The first-order valence-corrected chi connectivity index (χ1v) is 11.1. The van der Waals surface area contributed by atoms with Crippen molar-refractivity contribution >= 4 is 29.1 Å². The van der Waals surface area contributed by atoms with Crippen molar-refractivity contribution in [2.45, 2.75) is 19.3 Å². The van der Waals surface area contributed by atoms with E-state index in [1.165, 1.54) is 12.4 Å². The zero-order valence-corrected chi connectivity index (χ0v) is 18.9. The van der Waals surface area contributed by atoms with Gasteiger partial charge in [-0.05, 0) is 31.4 Å². The maximum Gasteiger partial charge on any atom is 0.274 e. The van der Waals surface area contributed by atoms with Crippen molar-refractivity contribution in [2.24, 2.45) is 5.41 Å². The molecule has 4 heterocycles. The van der Waals surface area contributed by atoms with Crippen LogP contribution in [0.15, 0.2) is 43.0 Å². The Morgan fingerprint density at radius 3 is 2.58 bits per heavy atom. The molecule has 0 radical (unpaired) electrons. The predicted octanol–water partition coefficient (Wildman–Crippen LogP) is 3.19. The summed E-state index contributed by atoms with van der Waals surface area (Å²) in [6.07, 6.45) is 8.30. The summed E-state index contributed by atoms with van der Waals surface area (Å²) < 4.78 is 5.59. The lowest BCUT2D eigenvalue weighted by molar-refractivity contribution is -0.127. The summed E-state index contributed by atoms with van der Waals surface area (Å²) in [6, 6.07) is 5.79. The lowest BCUT2D eigenvalue weighted by Gasteiger charge is -2.37. The van der Waals surface area contributed by atoms with E-state index in [-0.39, 0.29) is 22.7 Å². The second kappa shape index (κ2) is 8.47. The molecule has 0 aliphatic carbocycles.